The molecule has 28 heavy (non-hydrogen) atoms. The van der Waals surface area contributed by atoms with Crippen LogP contribution in [0.3, 0.4) is 0 Å². The molecule has 4 nitrogen and oxygen atoms in total. The Bertz CT molecular complexity index is 757. The number of hydrogen-bond acceptors (Lipinski definition) is 2. The summed E-state index contributed by atoms with van der Waals surface area (Å²) in [5.74, 6) is 1.92. The normalized spacial score (nSPS) is 36.0. The Balaban J connectivity index is 1.28. The first kappa shape index (κ1) is 18.1. The van der Waals surface area contributed by atoms with E-state index >= 15 is 0 Å². The molecule has 150 valence electrons. The zero-order chi connectivity index (χ0) is 19.3. The Labute approximate surface area is 165 Å². The van der Waals surface area contributed by atoms with Crippen molar-refractivity contribution in [1.82, 2.24) is 10.2 Å². The molecule has 0 unspecified atom stereocenters. The molecule has 4 aliphatic carbocycles. The van der Waals surface area contributed by atoms with Crippen LogP contribution in [-0.2, 0) is 16.1 Å². The van der Waals surface area contributed by atoms with E-state index in [4.69, 9.17) is 0 Å². The van der Waals surface area contributed by atoms with Crippen molar-refractivity contribution in [3.63, 3.8) is 0 Å². The molecule has 2 amide bonds. The lowest BCUT2D eigenvalue weighted by atomic mass is 9.49. The Hall–Kier alpha value is -1.91. The smallest absolute Gasteiger partial charge is 0.243 e. The molecule has 1 aromatic carbocycles. The Morgan fingerprint density at radius 3 is 2.36 bits per heavy atom. The molecular formula is C23H29FN2O2. The number of benzene rings is 1. The molecule has 5 aliphatic rings. The van der Waals surface area contributed by atoms with E-state index in [0.717, 1.165) is 25.7 Å². The van der Waals surface area contributed by atoms with E-state index in [2.05, 4.69) is 5.32 Å². The lowest BCUT2D eigenvalue weighted by molar-refractivity contribution is -0.160. The zero-order valence-electron chi connectivity index (χ0n) is 16.3. The molecule has 4 saturated carbocycles. The Morgan fingerprint density at radius 1 is 1.07 bits per heavy atom. The summed E-state index contributed by atoms with van der Waals surface area (Å²) < 4.78 is 13.8. The van der Waals surface area contributed by atoms with Gasteiger partial charge < -0.3 is 10.2 Å². The number of rotatable bonds is 4. The minimum Gasteiger partial charge on any atom is -0.350 e. The van der Waals surface area contributed by atoms with Crippen molar-refractivity contribution >= 4 is 11.8 Å². The predicted molar refractivity (Wildman–Crippen MR) is 104 cm³/mol. The van der Waals surface area contributed by atoms with Crippen LogP contribution in [0.15, 0.2) is 24.3 Å². The zero-order valence-corrected chi connectivity index (χ0v) is 16.3. The molecule has 1 saturated heterocycles. The predicted octanol–water partition coefficient (Wildman–Crippen LogP) is 3.65. The SMILES string of the molecule is O=C(NCc1ccccc1F)[C@H]1CCCN1C(=O)C12CC3CC(CC(C3)C1)C2. The number of likely N-dealkylation sites (tertiary alicyclic amines) is 1. The van der Waals surface area contributed by atoms with Crippen LogP contribution in [0.2, 0.25) is 0 Å². The number of hydrogen-bond donors (Lipinski definition) is 1. The van der Waals surface area contributed by atoms with Gasteiger partial charge in [0.15, 0.2) is 0 Å². The second-order valence-corrected chi connectivity index (χ2v) is 9.66. The fourth-order valence-electron chi connectivity index (χ4n) is 6.90. The van der Waals surface area contributed by atoms with Crippen molar-refractivity contribution in [3.8, 4) is 0 Å². The maximum Gasteiger partial charge on any atom is 0.243 e. The lowest BCUT2D eigenvalue weighted by Gasteiger charge is -2.56. The molecule has 1 heterocycles. The van der Waals surface area contributed by atoms with Gasteiger partial charge in [0.25, 0.3) is 0 Å². The maximum atomic E-state index is 13.8. The summed E-state index contributed by atoms with van der Waals surface area (Å²) in [5, 5.41) is 2.87. The van der Waals surface area contributed by atoms with Crippen LogP contribution in [0.4, 0.5) is 4.39 Å². The number of nitrogens with one attached hydrogen (secondary N) is 1. The average molecular weight is 384 g/mol. The highest BCUT2D eigenvalue weighted by atomic mass is 19.1. The largest absolute Gasteiger partial charge is 0.350 e. The van der Waals surface area contributed by atoms with Crippen LogP contribution in [0.5, 0.6) is 0 Å². The minimum absolute atomic E-state index is 0.140. The first-order valence-electron chi connectivity index (χ1n) is 10.9. The van der Waals surface area contributed by atoms with Gasteiger partial charge in [-0.1, -0.05) is 18.2 Å². The van der Waals surface area contributed by atoms with Gasteiger partial charge in [0.05, 0.1) is 5.41 Å². The van der Waals surface area contributed by atoms with Crippen molar-refractivity contribution in [3.05, 3.63) is 35.6 Å². The van der Waals surface area contributed by atoms with Crippen molar-refractivity contribution in [1.29, 1.82) is 0 Å². The molecule has 0 radical (unpaired) electrons. The standard InChI is InChI=1S/C23H29FN2O2/c24-19-5-2-1-4-18(19)14-25-21(27)20-6-3-7-26(20)22(28)23-11-15-8-16(12-23)10-17(9-15)13-23/h1-2,4-5,15-17,20H,3,6-14H2,(H,25,27)/t15?,16?,17?,20-,23?/m1/s1. The van der Waals surface area contributed by atoms with E-state index in [-0.39, 0.29) is 29.6 Å². The van der Waals surface area contributed by atoms with Gasteiger partial charge in [-0.3, -0.25) is 9.59 Å². The minimum atomic E-state index is -0.396. The Morgan fingerprint density at radius 2 is 1.71 bits per heavy atom. The molecule has 0 aromatic heterocycles. The number of carbonyl (C=O) groups is 2. The molecule has 4 bridgehead atoms. The van der Waals surface area contributed by atoms with Gasteiger partial charge >= 0.3 is 0 Å². The number of amides is 2. The molecule has 0 spiro atoms. The summed E-state index contributed by atoms with van der Waals surface area (Å²) in [5.41, 5.74) is 0.274. The van der Waals surface area contributed by atoms with Crippen LogP contribution in [0.25, 0.3) is 0 Å². The second-order valence-electron chi connectivity index (χ2n) is 9.66. The molecular weight excluding hydrogens is 355 g/mol. The first-order valence-corrected chi connectivity index (χ1v) is 10.9. The van der Waals surface area contributed by atoms with Gasteiger partial charge in [0.2, 0.25) is 11.8 Å². The monoisotopic (exact) mass is 384 g/mol. The topological polar surface area (TPSA) is 49.4 Å². The van der Waals surface area contributed by atoms with E-state index in [0.29, 0.717) is 36.3 Å². The summed E-state index contributed by atoms with van der Waals surface area (Å²) >= 11 is 0. The highest BCUT2D eigenvalue weighted by Crippen LogP contribution is 2.60. The van der Waals surface area contributed by atoms with Gasteiger partial charge in [0.1, 0.15) is 11.9 Å². The van der Waals surface area contributed by atoms with Crippen molar-refractivity contribution in [2.45, 2.75) is 64.0 Å². The van der Waals surface area contributed by atoms with E-state index in [9.17, 15) is 14.0 Å². The third-order valence-corrected chi connectivity index (χ3v) is 7.72. The van der Waals surface area contributed by atoms with Crippen molar-refractivity contribution in [2.24, 2.45) is 23.2 Å². The molecule has 1 aromatic rings. The summed E-state index contributed by atoms with van der Waals surface area (Å²) in [7, 11) is 0. The average Bonchev–Trinajstić information content (AvgIpc) is 3.15. The van der Waals surface area contributed by atoms with E-state index in [1.165, 1.54) is 25.3 Å². The highest BCUT2D eigenvalue weighted by molar-refractivity contribution is 5.91. The molecule has 1 N–H and O–H groups in total. The third-order valence-electron chi connectivity index (χ3n) is 7.72. The molecule has 1 atom stereocenters. The van der Waals surface area contributed by atoms with Crippen LogP contribution < -0.4 is 5.32 Å². The van der Waals surface area contributed by atoms with E-state index in [1.54, 1.807) is 18.2 Å². The number of carbonyl (C=O) groups excluding carboxylic acids is 2. The Kier molecular flexibility index (Phi) is 4.44. The fraction of sp³-hybridized carbons (Fsp3) is 0.652. The van der Waals surface area contributed by atoms with E-state index in [1.807, 2.05) is 4.90 Å². The second kappa shape index (κ2) is 6.85. The maximum absolute atomic E-state index is 13.8. The van der Waals surface area contributed by atoms with Crippen molar-refractivity contribution in [2.75, 3.05) is 6.54 Å². The van der Waals surface area contributed by atoms with Crippen LogP contribution in [0.1, 0.15) is 56.9 Å². The lowest BCUT2D eigenvalue weighted by Crippen LogP contribution is -2.57. The molecule has 1 aliphatic heterocycles. The summed E-state index contributed by atoms with van der Waals surface area (Å²) in [4.78, 5) is 28.3. The summed E-state index contributed by atoms with van der Waals surface area (Å²) in [6.45, 7) is 0.847. The molecule has 5 heteroatoms. The summed E-state index contributed by atoms with van der Waals surface area (Å²) in [6, 6.07) is 6.10. The van der Waals surface area contributed by atoms with Crippen molar-refractivity contribution < 1.29 is 14.0 Å². The van der Waals surface area contributed by atoms with E-state index < -0.39 is 6.04 Å². The number of halogens is 1. The molecule has 5 fully saturated rings. The summed E-state index contributed by atoms with van der Waals surface area (Å²) in [6.07, 6.45) is 8.57. The number of nitrogens with zero attached hydrogens (tertiary/aromatic N) is 1. The van der Waals surface area contributed by atoms with Gasteiger partial charge in [-0.05, 0) is 75.2 Å². The van der Waals surface area contributed by atoms with Gasteiger partial charge in [0, 0.05) is 18.7 Å². The van der Waals surface area contributed by atoms with Crippen LogP contribution in [0, 0.1) is 29.0 Å². The van der Waals surface area contributed by atoms with Gasteiger partial charge in [-0.2, -0.15) is 0 Å². The quantitative estimate of drug-likeness (QED) is 0.861. The molecule has 6 rings (SSSR count). The van der Waals surface area contributed by atoms with Gasteiger partial charge in [-0.15, -0.1) is 0 Å². The fourth-order valence-corrected chi connectivity index (χ4v) is 6.90. The first-order chi connectivity index (χ1) is 13.5. The van der Waals surface area contributed by atoms with Crippen LogP contribution in [-0.4, -0.2) is 29.3 Å². The highest BCUT2D eigenvalue weighted by Gasteiger charge is 2.56. The van der Waals surface area contributed by atoms with Gasteiger partial charge in [-0.25, -0.2) is 4.39 Å². The van der Waals surface area contributed by atoms with Crippen LogP contribution >= 0.6 is 0 Å². The third kappa shape index (κ3) is 3.03.